The van der Waals surface area contributed by atoms with E-state index in [1.807, 2.05) is 58.0 Å². The smallest absolute Gasteiger partial charge is 0.255 e. The minimum absolute atomic E-state index is 0.0946. The second-order valence-electron chi connectivity index (χ2n) is 7.56. The summed E-state index contributed by atoms with van der Waals surface area (Å²) in [7, 11) is 0. The van der Waals surface area contributed by atoms with Crippen LogP contribution in [0.2, 0.25) is 0 Å². The highest BCUT2D eigenvalue weighted by atomic mass is 16.3. The highest BCUT2D eigenvalue weighted by Gasteiger charge is 2.18. The average molecular weight is 387 g/mol. The minimum Gasteiger partial charge on any atom is -0.508 e. The van der Waals surface area contributed by atoms with Crippen molar-refractivity contribution < 1.29 is 14.7 Å². The zero-order valence-corrected chi connectivity index (χ0v) is 17.1. The number of benzene rings is 3. The first-order chi connectivity index (χ1) is 13.8. The lowest BCUT2D eigenvalue weighted by Gasteiger charge is -2.15. The molecule has 3 aromatic rings. The van der Waals surface area contributed by atoms with Crippen molar-refractivity contribution in [3.05, 3.63) is 94.0 Å². The van der Waals surface area contributed by atoms with Crippen LogP contribution in [-0.4, -0.2) is 16.8 Å². The number of carbonyl (C=O) groups excluding carboxylic acids is 2. The molecule has 148 valence electrons. The van der Waals surface area contributed by atoms with E-state index in [0.717, 1.165) is 16.7 Å². The second-order valence-corrected chi connectivity index (χ2v) is 7.56. The van der Waals surface area contributed by atoms with E-state index in [4.69, 9.17) is 0 Å². The molecule has 29 heavy (non-hydrogen) atoms. The van der Waals surface area contributed by atoms with Crippen LogP contribution < -0.4 is 5.32 Å². The Morgan fingerprint density at radius 2 is 1.48 bits per heavy atom. The quantitative estimate of drug-likeness (QED) is 0.559. The summed E-state index contributed by atoms with van der Waals surface area (Å²) in [6.45, 7) is 7.68. The summed E-state index contributed by atoms with van der Waals surface area (Å²) in [4.78, 5) is 25.6. The molecule has 4 nitrogen and oxygen atoms in total. The summed E-state index contributed by atoms with van der Waals surface area (Å²) in [5.41, 5.74) is 4.71. The lowest BCUT2D eigenvalue weighted by atomic mass is 9.91. The molecule has 0 heterocycles. The SMILES string of the molecule is Cc1cc(NC(=O)c2ccccc2)cc(C)c1C(=O)c1ccc(O)c(C(C)C)c1. The van der Waals surface area contributed by atoms with Gasteiger partial charge < -0.3 is 10.4 Å². The lowest BCUT2D eigenvalue weighted by molar-refractivity contribution is 0.102. The molecule has 0 aliphatic carbocycles. The van der Waals surface area contributed by atoms with E-state index in [1.165, 1.54) is 0 Å². The van der Waals surface area contributed by atoms with E-state index < -0.39 is 0 Å². The Balaban J connectivity index is 1.91. The van der Waals surface area contributed by atoms with Crippen LogP contribution in [0.1, 0.15) is 62.7 Å². The van der Waals surface area contributed by atoms with Crippen LogP contribution in [-0.2, 0) is 0 Å². The van der Waals surface area contributed by atoms with Crippen molar-refractivity contribution in [1.29, 1.82) is 0 Å². The van der Waals surface area contributed by atoms with E-state index in [1.54, 1.807) is 30.3 Å². The first-order valence-electron chi connectivity index (χ1n) is 9.63. The summed E-state index contributed by atoms with van der Waals surface area (Å²) >= 11 is 0. The van der Waals surface area contributed by atoms with Crippen LogP contribution in [0.4, 0.5) is 5.69 Å². The fourth-order valence-electron chi connectivity index (χ4n) is 3.49. The van der Waals surface area contributed by atoms with Gasteiger partial charge in [0.25, 0.3) is 5.91 Å². The molecule has 0 bridgehead atoms. The molecule has 0 saturated heterocycles. The molecule has 0 saturated carbocycles. The molecule has 0 aliphatic rings. The van der Waals surface area contributed by atoms with Crippen LogP contribution in [0.15, 0.2) is 60.7 Å². The zero-order chi connectivity index (χ0) is 21.1. The fourth-order valence-corrected chi connectivity index (χ4v) is 3.49. The lowest BCUT2D eigenvalue weighted by Crippen LogP contribution is -2.13. The molecule has 0 spiro atoms. The van der Waals surface area contributed by atoms with Crippen LogP contribution in [0.5, 0.6) is 5.75 Å². The van der Waals surface area contributed by atoms with Crippen molar-refractivity contribution >= 4 is 17.4 Å². The Morgan fingerprint density at radius 1 is 0.862 bits per heavy atom. The third-order valence-corrected chi connectivity index (χ3v) is 4.97. The number of hydrogen-bond donors (Lipinski definition) is 2. The molecular weight excluding hydrogens is 362 g/mol. The number of phenols is 1. The van der Waals surface area contributed by atoms with Gasteiger partial charge in [0.1, 0.15) is 5.75 Å². The van der Waals surface area contributed by atoms with Crippen LogP contribution in [0.25, 0.3) is 0 Å². The molecule has 3 aromatic carbocycles. The predicted octanol–water partition coefficient (Wildman–Crippen LogP) is 5.62. The number of carbonyl (C=O) groups is 2. The van der Waals surface area contributed by atoms with Gasteiger partial charge in [0.2, 0.25) is 0 Å². The van der Waals surface area contributed by atoms with Gasteiger partial charge in [0.15, 0.2) is 5.78 Å². The maximum atomic E-state index is 13.2. The monoisotopic (exact) mass is 387 g/mol. The van der Waals surface area contributed by atoms with Crippen molar-refractivity contribution in [2.45, 2.75) is 33.6 Å². The van der Waals surface area contributed by atoms with Gasteiger partial charge in [-0.2, -0.15) is 0 Å². The molecule has 2 N–H and O–H groups in total. The van der Waals surface area contributed by atoms with Gasteiger partial charge in [-0.15, -0.1) is 0 Å². The van der Waals surface area contributed by atoms with Gasteiger partial charge in [0, 0.05) is 22.4 Å². The van der Waals surface area contributed by atoms with Gasteiger partial charge in [0.05, 0.1) is 0 Å². The highest BCUT2D eigenvalue weighted by molar-refractivity contribution is 6.11. The number of phenolic OH excluding ortho intramolecular Hbond substituents is 1. The molecule has 0 unspecified atom stereocenters. The average Bonchev–Trinajstić information content (AvgIpc) is 2.68. The van der Waals surface area contributed by atoms with Crippen LogP contribution >= 0.6 is 0 Å². The Bertz CT molecular complexity index is 1050. The van der Waals surface area contributed by atoms with E-state index >= 15 is 0 Å². The molecule has 0 atom stereocenters. The number of nitrogens with one attached hydrogen (secondary N) is 1. The van der Waals surface area contributed by atoms with Crippen molar-refractivity contribution in [3.8, 4) is 5.75 Å². The zero-order valence-electron chi connectivity index (χ0n) is 17.1. The first kappa shape index (κ1) is 20.3. The van der Waals surface area contributed by atoms with E-state index in [2.05, 4.69) is 5.32 Å². The largest absolute Gasteiger partial charge is 0.508 e. The molecule has 0 radical (unpaired) electrons. The van der Waals surface area contributed by atoms with Gasteiger partial charge in [-0.1, -0.05) is 32.0 Å². The number of anilines is 1. The number of aromatic hydroxyl groups is 1. The number of aryl methyl sites for hydroxylation is 2. The first-order valence-corrected chi connectivity index (χ1v) is 9.63. The molecule has 4 heteroatoms. The van der Waals surface area contributed by atoms with Crippen molar-refractivity contribution in [3.63, 3.8) is 0 Å². The summed E-state index contributed by atoms with van der Waals surface area (Å²) in [5, 5.41) is 12.9. The van der Waals surface area contributed by atoms with Crippen LogP contribution in [0.3, 0.4) is 0 Å². The Hall–Kier alpha value is -3.40. The molecular formula is C25H25NO3. The standard InChI is InChI=1S/C25H25NO3/c1-15(2)21-14-19(10-11-22(21)27)24(28)23-16(3)12-20(13-17(23)4)26-25(29)18-8-6-5-7-9-18/h5-15,27H,1-4H3,(H,26,29). The fraction of sp³-hybridized carbons (Fsp3) is 0.200. The van der Waals surface area contributed by atoms with Gasteiger partial charge >= 0.3 is 0 Å². The number of hydrogen-bond acceptors (Lipinski definition) is 3. The van der Waals surface area contributed by atoms with Gasteiger partial charge in [-0.3, -0.25) is 9.59 Å². The molecule has 0 aliphatic heterocycles. The van der Waals surface area contributed by atoms with E-state index in [-0.39, 0.29) is 23.4 Å². The van der Waals surface area contributed by atoms with E-state index in [0.29, 0.717) is 22.4 Å². The number of rotatable bonds is 5. The minimum atomic E-state index is -0.191. The van der Waals surface area contributed by atoms with Gasteiger partial charge in [-0.25, -0.2) is 0 Å². The number of ketones is 1. The van der Waals surface area contributed by atoms with Crippen LogP contribution in [0, 0.1) is 13.8 Å². The third kappa shape index (κ3) is 4.37. The van der Waals surface area contributed by atoms with Crippen molar-refractivity contribution in [1.82, 2.24) is 0 Å². The summed E-state index contributed by atoms with van der Waals surface area (Å²) < 4.78 is 0. The van der Waals surface area contributed by atoms with Gasteiger partial charge in [-0.05, 0) is 78.9 Å². The summed E-state index contributed by atoms with van der Waals surface area (Å²) in [5.74, 6) is 0.0240. The molecule has 0 fully saturated rings. The predicted molar refractivity (Wildman–Crippen MR) is 116 cm³/mol. The Kier molecular flexibility index (Phi) is 5.83. The Morgan fingerprint density at radius 3 is 2.07 bits per heavy atom. The summed E-state index contributed by atoms with van der Waals surface area (Å²) in [6, 6.07) is 17.6. The third-order valence-electron chi connectivity index (χ3n) is 4.97. The maximum absolute atomic E-state index is 13.2. The molecule has 0 aromatic heterocycles. The second kappa shape index (κ2) is 8.31. The Labute approximate surface area is 171 Å². The molecule has 1 amide bonds. The van der Waals surface area contributed by atoms with E-state index in [9.17, 15) is 14.7 Å². The topological polar surface area (TPSA) is 66.4 Å². The maximum Gasteiger partial charge on any atom is 0.255 e. The van der Waals surface area contributed by atoms with Crippen molar-refractivity contribution in [2.75, 3.05) is 5.32 Å². The molecule has 3 rings (SSSR count). The summed E-state index contributed by atoms with van der Waals surface area (Å²) in [6.07, 6.45) is 0. The highest BCUT2D eigenvalue weighted by Crippen LogP contribution is 2.29. The number of amides is 1. The van der Waals surface area contributed by atoms with Crippen molar-refractivity contribution in [2.24, 2.45) is 0 Å². The normalized spacial score (nSPS) is 10.8.